The van der Waals surface area contributed by atoms with E-state index < -0.39 is 23.0 Å². The number of methoxy groups -OCH3 is 1. The Morgan fingerprint density at radius 1 is 1.07 bits per heavy atom. The fourth-order valence-corrected chi connectivity index (χ4v) is 3.65. The Labute approximate surface area is 166 Å². The van der Waals surface area contributed by atoms with Crippen LogP contribution in [0.1, 0.15) is 22.9 Å². The van der Waals surface area contributed by atoms with Gasteiger partial charge in [0.1, 0.15) is 22.8 Å². The molecule has 1 unspecified atom stereocenters. The maximum atomic E-state index is 12.9. The van der Waals surface area contributed by atoms with Crippen molar-refractivity contribution in [1.82, 2.24) is 4.72 Å². The highest BCUT2D eigenvalue weighted by Gasteiger charge is 2.28. The van der Waals surface area contributed by atoms with E-state index in [1.165, 1.54) is 13.4 Å². The number of furan rings is 1. The standard InChI is InChI=1S/C22H21NO4S/c1-16-10-12-18(13-11-16)28(25)23-21(20-9-6-14-27-20)19(22(24)26-2)15-17-7-4-3-5-8-17/h3-15,21,23H,1-2H3/b19-15-/t21-,28?/m1/s1. The topological polar surface area (TPSA) is 68.5 Å². The molecule has 0 amide bonds. The predicted molar refractivity (Wildman–Crippen MR) is 109 cm³/mol. The van der Waals surface area contributed by atoms with Crippen molar-refractivity contribution in [2.45, 2.75) is 17.9 Å². The summed E-state index contributed by atoms with van der Waals surface area (Å²) in [6.45, 7) is 1.96. The van der Waals surface area contributed by atoms with E-state index in [0.29, 0.717) is 16.2 Å². The third-order valence-electron chi connectivity index (χ3n) is 4.14. The first-order valence-electron chi connectivity index (χ1n) is 8.71. The molecule has 0 spiro atoms. The van der Waals surface area contributed by atoms with E-state index in [0.717, 1.165) is 11.1 Å². The van der Waals surface area contributed by atoms with E-state index in [9.17, 15) is 9.00 Å². The summed E-state index contributed by atoms with van der Waals surface area (Å²) in [7, 11) is -0.245. The van der Waals surface area contributed by atoms with Crippen LogP contribution in [-0.2, 0) is 20.5 Å². The number of hydrogen-bond acceptors (Lipinski definition) is 4. The number of nitrogens with one attached hydrogen (secondary N) is 1. The summed E-state index contributed by atoms with van der Waals surface area (Å²) >= 11 is 0. The Kier molecular flexibility index (Phi) is 6.57. The summed E-state index contributed by atoms with van der Waals surface area (Å²) < 4.78 is 26.4. The van der Waals surface area contributed by atoms with Crippen LogP contribution in [0, 0.1) is 6.92 Å². The minimum Gasteiger partial charge on any atom is -0.467 e. The molecule has 0 aliphatic carbocycles. The van der Waals surface area contributed by atoms with Crippen molar-refractivity contribution in [2.24, 2.45) is 0 Å². The van der Waals surface area contributed by atoms with Crippen molar-refractivity contribution in [3.63, 3.8) is 0 Å². The lowest BCUT2D eigenvalue weighted by atomic mass is 10.0. The average molecular weight is 395 g/mol. The second-order valence-electron chi connectivity index (χ2n) is 6.15. The summed E-state index contributed by atoms with van der Waals surface area (Å²) in [4.78, 5) is 13.1. The maximum Gasteiger partial charge on any atom is 0.335 e. The zero-order chi connectivity index (χ0) is 19.9. The van der Waals surface area contributed by atoms with Crippen LogP contribution in [0.25, 0.3) is 6.08 Å². The SMILES string of the molecule is COC(=O)/C(=C\c1ccccc1)[C@@H](NS(=O)c1ccc(C)cc1)c1ccco1. The van der Waals surface area contributed by atoms with E-state index in [-0.39, 0.29) is 0 Å². The predicted octanol–water partition coefficient (Wildman–Crippen LogP) is 4.20. The quantitative estimate of drug-likeness (QED) is 0.481. The molecule has 0 radical (unpaired) electrons. The summed E-state index contributed by atoms with van der Waals surface area (Å²) in [5.74, 6) is -0.0632. The molecule has 1 aromatic heterocycles. The zero-order valence-electron chi connectivity index (χ0n) is 15.6. The Morgan fingerprint density at radius 2 is 1.79 bits per heavy atom. The van der Waals surface area contributed by atoms with E-state index in [4.69, 9.17) is 9.15 Å². The van der Waals surface area contributed by atoms with E-state index in [1.807, 2.05) is 49.4 Å². The highest BCUT2D eigenvalue weighted by Crippen LogP contribution is 2.27. The van der Waals surface area contributed by atoms with Crippen molar-refractivity contribution >= 4 is 23.0 Å². The number of rotatable bonds is 7. The fraction of sp³-hybridized carbons (Fsp3) is 0.136. The van der Waals surface area contributed by atoms with Gasteiger partial charge in [0.15, 0.2) is 0 Å². The average Bonchev–Trinajstić information content (AvgIpc) is 3.25. The van der Waals surface area contributed by atoms with Crippen LogP contribution in [0.2, 0.25) is 0 Å². The van der Waals surface area contributed by atoms with Crippen LogP contribution < -0.4 is 4.72 Å². The van der Waals surface area contributed by atoms with Crippen molar-refractivity contribution in [3.8, 4) is 0 Å². The third-order valence-corrected chi connectivity index (χ3v) is 5.29. The first-order valence-corrected chi connectivity index (χ1v) is 9.86. The molecule has 0 bridgehead atoms. The molecule has 2 aromatic carbocycles. The molecule has 144 valence electrons. The van der Waals surface area contributed by atoms with Gasteiger partial charge < -0.3 is 9.15 Å². The van der Waals surface area contributed by atoms with Gasteiger partial charge in [-0.1, -0.05) is 48.0 Å². The lowest BCUT2D eigenvalue weighted by Crippen LogP contribution is -2.28. The van der Waals surface area contributed by atoms with Gasteiger partial charge >= 0.3 is 5.97 Å². The molecule has 2 atom stereocenters. The third kappa shape index (κ3) is 4.85. The molecule has 0 aliphatic heterocycles. The Balaban J connectivity index is 1.99. The van der Waals surface area contributed by atoms with Crippen LogP contribution >= 0.6 is 0 Å². The van der Waals surface area contributed by atoms with Crippen LogP contribution in [0.15, 0.2) is 87.9 Å². The highest BCUT2D eigenvalue weighted by atomic mass is 32.2. The van der Waals surface area contributed by atoms with Gasteiger partial charge in [0.25, 0.3) is 0 Å². The number of benzene rings is 2. The van der Waals surface area contributed by atoms with Gasteiger partial charge in [-0.05, 0) is 42.8 Å². The minimum atomic E-state index is -1.56. The summed E-state index contributed by atoms with van der Waals surface area (Å²) in [6.07, 6.45) is 3.22. The first kappa shape index (κ1) is 19.8. The second kappa shape index (κ2) is 9.30. The van der Waals surface area contributed by atoms with Crippen molar-refractivity contribution in [3.05, 3.63) is 95.5 Å². The number of esters is 1. The Hall–Kier alpha value is -2.96. The highest BCUT2D eigenvalue weighted by molar-refractivity contribution is 7.83. The van der Waals surface area contributed by atoms with Gasteiger partial charge in [0, 0.05) is 0 Å². The molecule has 1 heterocycles. The molecule has 0 saturated carbocycles. The lowest BCUT2D eigenvalue weighted by molar-refractivity contribution is -0.136. The maximum absolute atomic E-state index is 12.9. The van der Waals surface area contributed by atoms with Gasteiger partial charge in [-0.3, -0.25) is 0 Å². The number of hydrogen-bond donors (Lipinski definition) is 1. The largest absolute Gasteiger partial charge is 0.467 e. The lowest BCUT2D eigenvalue weighted by Gasteiger charge is -2.18. The van der Waals surface area contributed by atoms with Crippen LogP contribution in [0.4, 0.5) is 0 Å². The number of carbonyl (C=O) groups is 1. The molecule has 0 saturated heterocycles. The minimum absolute atomic E-state index is 0.295. The fourth-order valence-electron chi connectivity index (χ4n) is 2.67. The number of carbonyl (C=O) groups excluding carboxylic acids is 1. The van der Waals surface area contributed by atoms with Gasteiger partial charge in [0.05, 0.1) is 23.8 Å². The van der Waals surface area contributed by atoms with E-state index in [1.54, 1.807) is 30.3 Å². The smallest absolute Gasteiger partial charge is 0.335 e. The molecule has 1 N–H and O–H groups in total. The van der Waals surface area contributed by atoms with Gasteiger partial charge in [-0.15, -0.1) is 0 Å². The van der Waals surface area contributed by atoms with Gasteiger partial charge in [-0.25, -0.2) is 13.7 Å². The van der Waals surface area contributed by atoms with Gasteiger partial charge in [0.2, 0.25) is 0 Å². The van der Waals surface area contributed by atoms with Crippen LogP contribution in [-0.4, -0.2) is 17.3 Å². The van der Waals surface area contributed by atoms with E-state index in [2.05, 4.69) is 4.72 Å². The molecule has 3 aromatic rings. The zero-order valence-corrected chi connectivity index (χ0v) is 16.4. The molecule has 28 heavy (non-hydrogen) atoms. The second-order valence-corrected chi connectivity index (χ2v) is 7.39. The number of ether oxygens (including phenoxy) is 1. The molecular weight excluding hydrogens is 374 g/mol. The normalized spacial score (nSPS) is 13.7. The Bertz CT molecular complexity index is 964. The molecule has 3 rings (SSSR count). The molecule has 0 fully saturated rings. The van der Waals surface area contributed by atoms with Crippen molar-refractivity contribution < 1.29 is 18.2 Å². The first-order chi connectivity index (χ1) is 13.6. The van der Waals surface area contributed by atoms with Crippen LogP contribution in [0.3, 0.4) is 0 Å². The molecular formula is C22H21NO4S. The van der Waals surface area contributed by atoms with E-state index >= 15 is 0 Å². The molecule has 6 heteroatoms. The van der Waals surface area contributed by atoms with Crippen molar-refractivity contribution in [1.29, 1.82) is 0 Å². The number of aryl methyl sites for hydroxylation is 1. The summed E-state index contributed by atoms with van der Waals surface area (Å²) in [5.41, 5.74) is 2.19. The summed E-state index contributed by atoms with van der Waals surface area (Å²) in [6, 6.07) is 19.4. The van der Waals surface area contributed by atoms with Crippen LogP contribution in [0.5, 0.6) is 0 Å². The Morgan fingerprint density at radius 3 is 2.39 bits per heavy atom. The van der Waals surface area contributed by atoms with Crippen molar-refractivity contribution in [2.75, 3.05) is 7.11 Å². The van der Waals surface area contributed by atoms with Gasteiger partial charge in [-0.2, -0.15) is 0 Å². The molecule has 0 aliphatic rings. The molecule has 5 nitrogen and oxygen atoms in total. The summed E-state index contributed by atoms with van der Waals surface area (Å²) in [5, 5.41) is 0. The monoisotopic (exact) mass is 395 g/mol.